The Balaban J connectivity index is 2.11. The van der Waals surface area contributed by atoms with Gasteiger partial charge >= 0.3 is 5.97 Å². The highest BCUT2D eigenvalue weighted by Gasteiger charge is 2.30. The Morgan fingerprint density at radius 3 is 2.94 bits per heavy atom. The van der Waals surface area contributed by atoms with Gasteiger partial charge in [0.25, 0.3) is 0 Å². The number of rotatable bonds is 3. The molecule has 1 saturated carbocycles. The van der Waals surface area contributed by atoms with E-state index >= 15 is 0 Å². The van der Waals surface area contributed by atoms with E-state index in [1.807, 2.05) is 6.07 Å². The number of carbonyl (C=O) groups is 1. The van der Waals surface area contributed by atoms with Crippen molar-refractivity contribution in [1.29, 1.82) is 5.26 Å². The fraction of sp³-hybridized carbons (Fsp3) is 0.462. The summed E-state index contributed by atoms with van der Waals surface area (Å²) >= 11 is 0. The molecule has 1 aromatic heterocycles. The smallest absolute Gasteiger partial charge is 0.308 e. The minimum Gasteiger partial charge on any atom is -0.481 e. The molecule has 2 rings (SSSR count). The maximum atomic E-state index is 11.2. The van der Waals surface area contributed by atoms with E-state index in [0.29, 0.717) is 17.9 Å². The fourth-order valence-electron chi connectivity index (χ4n) is 2.37. The van der Waals surface area contributed by atoms with E-state index in [-0.39, 0.29) is 12.0 Å². The number of hydrogen-bond acceptors (Lipinski definition) is 4. The van der Waals surface area contributed by atoms with Gasteiger partial charge in [0.15, 0.2) is 0 Å². The molecular formula is C13H15N3O2. The predicted molar refractivity (Wildman–Crippen MR) is 66.0 cm³/mol. The Morgan fingerprint density at radius 2 is 2.22 bits per heavy atom. The van der Waals surface area contributed by atoms with Crippen molar-refractivity contribution in [3.63, 3.8) is 0 Å². The third-order valence-electron chi connectivity index (χ3n) is 3.28. The highest BCUT2D eigenvalue weighted by atomic mass is 16.4. The molecule has 1 fully saturated rings. The zero-order valence-corrected chi connectivity index (χ0v) is 9.97. The number of nitriles is 1. The molecule has 0 radical (unpaired) electrons. The molecule has 94 valence electrons. The first kappa shape index (κ1) is 12.4. The molecule has 1 aliphatic carbocycles. The van der Waals surface area contributed by atoms with E-state index in [1.165, 1.54) is 0 Å². The van der Waals surface area contributed by atoms with Crippen molar-refractivity contribution in [3.05, 3.63) is 23.9 Å². The van der Waals surface area contributed by atoms with E-state index in [9.17, 15) is 9.90 Å². The van der Waals surface area contributed by atoms with Crippen LogP contribution >= 0.6 is 0 Å². The van der Waals surface area contributed by atoms with E-state index in [4.69, 9.17) is 5.26 Å². The van der Waals surface area contributed by atoms with Gasteiger partial charge in [-0.25, -0.2) is 4.98 Å². The van der Waals surface area contributed by atoms with Crippen LogP contribution in [-0.4, -0.2) is 22.1 Å². The van der Waals surface area contributed by atoms with Gasteiger partial charge in [0, 0.05) is 6.04 Å². The van der Waals surface area contributed by atoms with E-state index in [2.05, 4.69) is 10.3 Å². The molecule has 0 aliphatic heterocycles. The highest BCUT2D eigenvalue weighted by Crippen LogP contribution is 2.27. The molecule has 0 amide bonds. The number of anilines is 1. The number of carboxylic acids is 1. The summed E-state index contributed by atoms with van der Waals surface area (Å²) in [7, 11) is 0. The molecule has 2 unspecified atom stereocenters. The van der Waals surface area contributed by atoms with Gasteiger partial charge in [-0.2, -0.15) is 5.26 Å². The van der Waals surface area contributed by atoms with E-state index in [0.717, 1.165) is 19.3 Å². The van der Waals surface area contributed by atoms with Gasteiger partial charge in [0.1, 0.15) is 17.6 Å². The number of carboxylic acid groups (broad SMARTS) is 1. The second-order valence-electron chi connectivity index (χ2n) is 4.50. The van der Waals surface area contributed by atoms with Crippen LogP contribution in [0.1, 0.15) is 31.4 Å². The maximum absolute atomic E-state index is 11.2. The Labute approximate surface area is 105 Å². The highest BCUT2D eigenvalue weighted by molar-refractivity contribution is 5.71. The van der Waals surface area contributed by atoms with Crippen molar-refractivity contribution in [1.82, 2.24) is 4.98 Å². The molecule has 0 bridgehead atoms. The van der Waals surface area contributed by atoms with Crippen molar-refractivity contribution in [2.45, 2.75) is 31.7 Å². The average molecular weight is 245 g/mol. The molecule has 1 aliphatic rings. The minimum atomic E-state index is -0.761. The van der Waals surface area contributed by atoms with Crippen molar-refractivity contribution < 1.29 is 9.90 Å². The van der Waals surface area contributed by atoms with Crippen LogP contribution in [0.3, 0.4) is 0 Å². The summed E-state index contributed by atoms with van der Waals surface area (Å²) in [5.41, 5.74) is 0.336. The van der Waals surface area contributed by atoms with Gasteiger partial charge < -0.3 is 10.4 Å². The van der Waals surface area contributed by atoms with Gasteiger partial charge in [-0.05, 0) is 25.0 Å². The van der Waals surface area contributed by atoms with E-state index in [1.54, 1.807) is 18.2 Å². The first-order valence-electron chi connectivity index (χ1n) is 6.07. The largest absolute Gasteiger partial charge is 0.481 e. The predicted octanol–water partition coefficient (Wildman–Crippen LogP) is 2.01. The lowest BCUT2D eigenvalue weighted by Gasteiger charge is -2.29. The fourth-order valence-corrected chi connectivity index (χ4v) is 2.37. The zero-order chi connectivity index (χ0) is 13.0. The summed E-state index contributed by atoms with van der Waals surface area (Å²) in [6.07, 6.45) is 3.51. The molecule has 0 spiro atoms. The molecule has 1 heterocycles. The molecule has 1 aromatic rings. The monoisotopic (exact) mass is 245 g/mol. The molecule has 2 atom stereocenters. The van der Waals surface area contributed by atoms with Crippen LogP contribution in [-0.2, 0) is 4.79 Å². The summed E-state index contributed by atoms with van der Waals surface area (Å²) in [6.45, 7) is 0. The normalized spacial score (nSPS) is 23.1. The molecule has 5 nitrogen and oxygen atoms in total. The van der Waals surface area contributed by atoms with Gasteiger partial charge in [-0.3, -0.25) is 4.79 Å². The summed E-state index contributed by atoms with van der Waals surface area (Å²) in [5.74, 6) is -0.554. The van der Waals surface area contributed by atoms with Crippen molar-refractivity contribution in [2.24, 2.45) is 5.92 Å². The van der Waals surface area contributed by atoms with Gasteiger partial charge in [0.05, 0.1) is 5.92 Å². The lowest BCUT2D eigenvalue weighted by molar-refractivity contribution is -0.143. The summed E-state index contributed by atoms with van der Waals surface area (Å²) in [5, 5.41) is 21.1. The number of nitrogens with zero attached hydrogens (tertiary/aromatic N) is 2. The van der Waals surface area contributed by atoms with Gasteiger partial charge in [-0.1, -0.05) is 18.9 Å². The lowest BCUT2D eigenvalue weighted by atomic mass is 9.84. The third kappa shape index (κ3) is 2.77. The standard InChI is InChI=1S/C13H15N3O2/c14-8-9-4-3-7-12(15-9)16-11-6-2-1-5-10(11)13(17)18/h3-4,7,10-11H,1-2,5-6H2,(H,15,16)(H,17,18). The van der Waals surface area contributed by atoms with Crippen LogP contribution in [0.25, 0.3) is 0 Å². The lowest BCUT2D eigenvalue weighted by Crippen LogP contribution is -2.37. The third-order valence-corrected chi connectivity index (χ3v) is 3.28. The Morgan fingerprint density at radius 1 is 1.44 bits per heavy atom. The van der Waals surface area contributed by atoms with Gasteiger partial charge in [-0.15, -0.1) is 0 Å². The van der Waals surface area contributed by atoms with Crippen LogP contribution < -0.4 is 5.32 Å². The molecule has 0 saturated heterocycles. The molecule has 0 aromatic carbocycles. The SMILES string of the molecule is N#Cc1cccc(NC2CCCCC2C(=O)O)n1. The summed E-state index contributed by atoms with van der Waals surface area (Å²) in [6, 6.07) is 7.00. The first-order valence-corrected chi connectivity index (χ1v) is 6.07. The molecule has 18 heavy (non-hydrogen) atoms. The summed E-state index contributed by atoms with van der Waals surface area (Å²) in [4.78, 5) is 15.3. The second kappa shape index (κ2) is 5.50. The van der Waals surface area contributed by atoms with Crippen LogP contribution in [0, 0.1) is 17.2 Å². The first-order chi connectivity index (χ1) is 8.70. The summed E-state index contributed by atoms with van der Waals surface area (Å²) < 4.78 is 0. The molecular weight excluding hydrogens is 230 g/mol. The van der Waals surface area contributed by atoms with E-state index < -0.39 is 5.97 Å². The number of aliphatic carboxylic acids is 1. The number of aromatic nitrogens is 1. The Bertz CT molecular complexity index is 481. The zero-order valence-electron chi connectivity index (χ0n) is 9.97. The minimum absolute atomic E-state index is 0.0994. The Hall–Kier alpha value is -2.09. The van der Waals surface area contributed by atoms with Crippen molar-refractivity contribution in [3.8, 4) is 6.07 Å². The topological polar surface area (TPSA) is 86.0 Å². The number of pyridine rings is 1. The quantitative estimate of drug-likeness (QED) is 0.850. The van der Waals surface area contributed by atoms with Crippen molar-refractivity contribution >= 4 is 11.8 Å². The Kier molecular flexibility index (Phi) is 3.78. The van der Waals surface area contributed by atoms with Crippen LogP contribution in [0.15, 0.2) is 18.2 Å². The number of nitrogens with one attached hydrogen (secondary N) is 1. The number of hydrogen-bond donors (Lipinski definition) is 2. The van der Waals surface area contributed by atoms with Crippen LogP contribution in [0.4, 0.5) is 5.82 Å². The van der Waals surface area contributed by atoms with Crippen LogP contribution in [0.5, 0.6) is 0 Å². The van der Waals surface area contributed by atoms with Gasteiger partial charge in [0.2, 0.25) is 0 Å². The maximum Gasteiger partial charge on any atom is 0.308 e. The molecule has 2 N–H and O–H groups in total. The van der Waals surface area contributed by atoms with Crippen LogP contribution in [0.2, 0.25) is 0 Å². The van der Waals surface area contributed by atoms with Crippen molar-refractivity contribution in [2.75, 3.05) is 5.32 Å². The molecule has 5 heteroatoms. The average Bonchev–Trinajstić information content (AvgIpc) is 2.39. The second-order valence-corrected chi connectivity index (χ2v) is 4.50.